The number of methoxy groups -OCH3 is 1. The van der Waals surface area contributed by atoms with Crippen molar-refractivity contribution in [3.05, 3.63) is 59.2 Å². The van der Waals surface area contributed by atoms with Gasteiger partial charge in [-0.15, -0.1) is 0 Å². The molecule has 156 valence electrons. The standard InChI is InChI=1S/C22H28N2O4S/c1-16(18-13-12-17-8-4-5-9-19(17)14-18)23-22(25)15-24(29(3,26)27)20-10-6-7-11-21(20)28-2/h6-7,10-14,16H,4-5,8-9,15H2,1-3H3,(H,23,25)/t16-/m1/s1. The minimum absolute atomic E-state index is 0.214. The molecule has 0 bridgehead atoms. The number of nitrogens with one attached hydrogen (secondary N) is 1. The van der Waals surface area contributed by atoms with Gasteiger partial charge in [-0.25, -0.2) is 8.42 Å². The van der Waals surface area contributed by atoms with Crippen LogP contribution in [0.5, 0.6) is 5.75 Å². The summed E-state index contributed by atoms with van der Waals surface area (Å²) >= 11 is 0. The van der Waals surface area contributed by atoms with E-state index in [4.69, 9.17) is 4.74 Å². The summed E-state index contributed by atoms with van der Waals surface area (Å²) in [5.74, 6) is 0.0278. The number of carbonyl (C=O) groups is 1. The highest BCUT2D eigenvalue weighted by Crippen LogP contribution is 2.29. The first-order valence-corrected chi connectivity index (χ1v) is 11.7. The number of hydrogen-bond donors (Lipinski definition) is 1. The summed E-state index contributed by atoms with van der Waals surface area (Å²) in [5.41, 5.74) is 4.11. The largest absolute Gasteiger partial charge is 0.495 e. The molecule has 0 saturated heterocycles. The van der Waals surface area contributed by atoms with Crippen molar-refractivity contribution in [2.75, 3.05) is 24.2 Å². The average Bonchev–Trinajstić information content (AvgIpc) is 2.70. The Hall–Kier alpha value is -2.54. The zero-order valence-electron chi connectivity index (χ0n) is 17.1. The molecule has 0 saturated carbocycles. The summed E-state index contributed by atoms with van der Waals surface area (Å²) in [5, 5.41) is 2.93. The summed E-state index contributed by atoms with van der Waals surface area (Å²) < 4.78 is 31.0. The quantitative estimate of drug-likeness (QED) is 0.752. The molecule has 0 unspecified atom stereocenters. The van der Waals surface area contributed by atoms with Crippen molar-refractivity contribution in [3.8, 4) is 5.75 Å². The van der Waals surface area contributed by atoms with Gasteiger partial charge in [-0.1, -0.05) is 30.3 Å². The second kappa shape index (κ2) is 8.86. The molecule has 0 fully saturated rings. The Bertz CT molecular complexity index is 988. The maximum atomic E-state index is 12.7. The van der Waals surface area contributed by atoms with E-state index in [1.54, 1.807) is 24.3 Å². The van der Waals surface area contributed by atoms with Gasteiger partial charge in [0.05, 0.1) is 25.1 Å². The lowest BCUT2D eigenvalue weighted by molar-refractivity contribution is -0.120. The fraction of sp³-hybridized carbons (Fsp3) is 0.409. The van der Waals surface area contributed by atoms with Crippen LogP contribution in [-0.2, 0) is 27.7 Å². The van der Waals surface area contributed by atoms with Crippen LogP contribution in [0.1, 0.15) is 42.5 Å². The molecule has 6 nitrogen and oxygen atoms in total. The van der Waals surface area contributed by atoms with Gasteiger partial charge in [-0.05, 0) is 61.4 Å². The van der Waals surface area contributed by atoms with E-state index in [9.17, 15) is 13.2 Å². The van der Waals surface area contributed by atoms with Crippen LogP contribution >= 0.6 is 0 Å². The Morgan fingerprint density at radius 3 is 2.52 bits per heavy atom. The van der Waals surface area contributed by atoms with E-state index in [1.165, 1.54) is 31.1 Å². The van der Waals surface area contributed by atoms with Gasteiger partial charge in [0.1, 0.15) is 12.3 Å². The first-order valence-electron chi connectivity index (χ1n) is 9.81. The maximum Gasteiger partial charge on any atom is 0.241 e. The van der Waals surface area contributed by atoms with E-state index in [-0.39, 0.29) is 18.5 Å². The SMILES string of the molecule is COc1ccccc1N(CC(=O)N[C@H](C)c1ccc2c(c1)CCCC2)S(C)(=O)=O. The fourth-order valence-corrected chi connectivity index (χ4v) is 4.60. The number of rotatable bonds is 7. The summed E-state index contributed by atoms with van der Waals surface area (Å²) in [6.07, 6.45) is 5.68. The van der Waals surface area contributed by atoms with Crippen LogP contribution in [0, 0.1) is 0 Å². The van der Waals surface area contributed by atoms with Crippen LogP contribution in [0.15, 0.2) is 42.5 Å². The third kappa shape index (κ3) is 5.09. The van der Waals surface area contributed by atoms with Gasteiger partial charge < -0.3 is 10.1 Å². The van der Waals surface area contributed by atoms with Crippen molar-refractivity contribution in [2.45, 2.75) is 38.6 Å². The van der Waals surface area contributed by atoms with Crippen molar-refractivity contribution in [3.63, 3.8) is 0 Å². The van der Waals surface area contributed by atoms with E-state index in [0.29, 0.717) is 11.4 Å². The molecular formula is C22H28N2O4S. The predicted octanol–water partition coefficient (Wildman–Crippen LogP) is 3.22. The average molecular weight is 417 g/mol. The van der Waals surface area contributed by atoms with Crippen LogP contribution in [0.25, 0.3) is 0 Å². The minimum Gasteiger partial charge on any atom is -0.495 e. The molecule has 1 amide bonds. The highest BCUT2D eigenvalue weighted by molar-refractivity contribution is 7.92. The summed E-state index contributed by atoms with van der Waals surface area (Å²) in [7, 11) is -2.20. The third-order valence-electron chi connectivity index (χ3n) is 5.29. The zero-order chi connectivity index (χ0) is 21.0. The Labute approximate surface area is 172 Å². The highest BCUT2D eigenvalue weighted by Gasteiger charge is 2.24. The number of carbonyl (C=O) groups excluding carboxylic acids is 1. The van der Waals surface area contributed by atoms with Crippen LogP contribution < -0.4 is 14.4 Å². The number of hydrogen-bond acceptors (Lipinski definition) is 4. The van der Waals surface area contributed by atoms with Gasteiger partial charge >= 0.3 is 0 Å². The van der Waals surface area contributed by atoms with E-state index in [1.807, 2.05) is 13.0 Å². The van der Waals surface area contributed by atoms with Crippen LogP contribution in [-0.4, -0.2) is 34.2 Å². The smallest absolute Gasteiger partial charge is 0.241 e. The molecule has 0 aromatic heterocycles. The Morgan fingerprint density at radius 1 is 1.14 bits per heavy atom. The summed E-state index contributed by atoms with van der Waals surface area (Å²) in [6, 6.07) is 12.9. The van der Waals surface area contributed by atoms with Crippen molar-refractivity contribution in [2.24, 2.45) is 0 Å². The van der Waals surface area contributed by atoms with E-state index < -0.39 is 10.0 Å². The summed E-state index contributed by atoms with van der Waals surface area (Å²) in [4.78, 5) is 12.7. The predicted molar refractivity (Wildman–Crippen MR) is 115 cm³/mol. The number of amides is 1. The fourth-order valence-electron chi connectivity index (χ4n) is 3.74. The highest BCUT2D eigenvalue weighted by atomic mass is 32.2. The van der Waals surface area contributed by atoms with Gasteiger partial charge in [-0.3, -0.25) is 9.10 Å². The molecule has 0 aliphatic heterocycles. The lowest BCUT2D eigenvalue weighted by Gasteiger charge is -2.25. The van der Waals surface area contributed by atoms with Gasteiger partial charge in [-0.2, -0.15) is 0 Å². The van der Waals surface area contributed by atoms with Gasteiger partial charge in [0.25, 0.3) is 0 Å². The molecule has 3 rings (SSSR count). The molecule has 0 radical (unpaired) electrons. The van der Waals surface area contributed by atoms with E-state index in [0.717, 1.165) is 29.0 Å². The Kier molecular flexibility index (Phi) is 6.47. The van der Waals surface area contributed by atoms with Crippen LogP contribution in [0.4, 0.5) is 5.69 Å². The van der Waals surface area contributed by atoms with Crippen molar-refractivity contribution in [1.82, 2.24) is 5.32 Å². The molecule has 1 atom stereocenters. The molecule has 0 heterocycles. The maximum absolute atomic E-state index is 12.7. The summed E-state index contributed by atoms with van der Waals surface area (Å²) in [6.45, 7) is 1.60. The molecule has 0 spiro atoms. The zero-order valence-corrected chi connectivity index (χ0v) is 18.0. The molecule has 1 aliphatic rings. The van der Waals surface area contributed by atoms with E-state index >= 15 is 0 Å². The Morgan fingerprint density at radius 2 is 1.83 bits per heavy atom. The van der Waals surface area contributed by atoms with Crippen LogP contribution in [0.2, 0.25) is 0 Å². The lowest BCUT2D eigenvalue weighted by atomic mass is 9.89. The number of anilines is 1. The number of benzene rings is 2. The molecule has 1 N–H and O–H groups in total. The second-order valence-electron chi connectivity index (χ2n) is 7.47. The molecule has 29 heavy (non-hydrogen) atoms. The number of para-hydroxylation sites is 2. The molecule has 7 heteroatoms. The molecule has 2 aromatic rings. The first kappa shape index (κ1) is 21.2. The van der Waals surface area contributed by atoms with Gasteiger partial charge in [0.2, 0.25) is 15.9 Å². The topological polar surface area (TPSA) is 75.7 Å². The third-order valence-corrected chi connectivity index (χ3v) is 6.42. The minimum atomic E-state index is -3.67. The normalized spacial score (nSPS) is 14.6. The first-order chi connectivity index (χ1) is 13.8. The van der Waals surface area contributed by atoms with Crippen molar-refractivity contribution < 1.29 is 17.9 Å². The van der Waals surface area contributed by atoms with Crippen LogP contribution in [0.3, 0.4) is 0 Å². The Balaban J connectivity index is 1.75. The number of sulfonamides is 1. The number of fused-ring (bicyclic) bond motifs is 1. The lowest BCUT2D eigenvalue weighted by Crippen LogP contribution is -2.41. The van der Waals surface area contributed by atoms with Crippen molar-refractivity contribution >= 4 is 21.6 Å². The number of ether oxygens (including phenoxy) is 1. The molecule has 1 aliphatic carbocycles. The van der Waals surface area contributed by atoms with Gasteiger partial charge in [0, 0.05) is 0 Å². The van der Waals surface area contributed by atoms with E-state index in [2.05, 4.69) is 17.4 Å². The molecular weight excluding hydrogens is 388 g/mol. The molecule has 2 aromatic carbocycles. The number of nitrogens with zero attached hydrogens (tertiary/aromatic N) is 1. The van der Waals surface area contributed by atoms with Crippen molar-refractivity contribution in [1.29, 1.82) is 0 Å². The van der Waals surface area contributed by atoms with Gasteiger partial charge in [0.15, 0.2) is 0 Å². The number of aryl methyl sites for hydroxylation is 2. The monoisotopic (exact) mass is 416 g/mol. The second-order valence-corrected chi connectivity index (χ2v) is 9.37.